The van der Waals surface area contributed by atoms with Gasteiger partial charge in [0.05, 0.1) is 0 Å². The van der Waals surface area contributed by atoms with Crippen molar-refractivity contribution in [3.05, 3.63) is 11.4 Å². The Balaban J connectivity index is 0.00000121. The number of aryl methyl sites for hydroxylation is 1. The van der Waals surface area contributed by atoms with Gasteiger partial charge in [-0.3, -0.25) is 9.80 Å². The quantitative estimate of drug-likeness (QED) is 0.870. The molecule has 1 spiro atoms. The van der Waals surface area contributed by atoms with Crippen molar-refractivity contribution in [3.8, 4) is 0 Å². The molecule has 128 valence electrons. The molecule has 6 nitrogen and oxygen atoms in total. The van der Waals surface area contributed by atoms with Crippen LogP contribution in [-0.4, -0.2) is 65.4 Å². The first-order valence-electron chi connectivity index (χ1n) is 7.62. The lowest BCUT2D eigenvalue weighted by Crippen LogP contribution is -2.57. The fourth-order valence-electron chi connectivity index (χ4n) is 3.56. The van der Waals surface area contributed by atoms with Gasteiger partial charge in [0.2, 0.25) is 0 Å². The lowest BCUT2D eigenvalue weighted by Gasteiger charge is -2.45. The summed E-state index contributed by atoms with van der Waals surface area (Å²) in [4.78, 5) is 5.11. The Morgan fingerprint density at radius 2 is 1.91 bits per heavy atom. The normalized spacial score (nSPS) is 22.6. The van der Waals surface area contributed by atoms with Crippen molar-refractivity contribution in [2.45, 2.75) is 38.3 Å². The summed E-state index contributed by atoms with van der Waals surface area (Å²) >= 11 is 0. The number of hydrogen-bond acceptors (Lipinski definition) is 6. The number of likely N-dealkylation sites (N-methyl/N-ethyl adjacent to an activating group) is 1. The van der Waals surface area contributed by atoms with Crippen LogP contribution >= 0.6 is 24.8 Å². The second-order valence-electron chi connectivity index (χ2n) is 6.26. The van der Waals surface area contributed by atoms with E-state index in [1.807, 2.05) is 6.92 Å². The Bertz CT molecular complexity index is 450. The highest BCUT2D eigenvalue weighted by atomic mass is 35.5. The van der Waals surface area contributed by atoms with Gasteiger partial charge in [0.15, 0.2) is 0 Å². The average molecular weight is 352 g/mol. The van der Waals surface area contributed by atoms with Crippen molar-refractivity contribution in [3.63, 3.8) is 0 Å². The molecule has 0 atom stereocenters. The highest BCUT2D eigenvalue weighted by Crippen LogP contribution is 2.29. The molecule has 0 bridgehead atoms. The number of halogens is 2. The highest BCUT2D eigenvalue weighted by Gasteiger charge is 2.39. The van der Waals surface area contributed by atoms with E-state index in [2.05, 4.69) is 32.5 Å². The number of hydrogen-bond donors (Lipinski definition) is 1. The molecule has 0 amide bonds. The van der Waals surface area contributed by atoms with Crippen molar-refractivity contribution in [1.82, 2.24) is 25.4 Å². The number of piperidine rings is 1. The zero-order chi connectivity index (χ0) is 14.0. The predicted octanol–water partition coefficient (Wildman–Crippen LogP) is 1.48. The summed E-state index contributed by atoms with van der Waals surface area (Å²) in [5.74, 6) is 0. The minimum Gasteiger partial charge on any atom is -0.317 e. The molecular weight excluding hydrogens is 325 g/mol. The van der Waals surface area contributed by atoms with Crippen LogP contribution in [0.15, 0.2) is 4.63 Å². The third kappa shape index (κ3) is 4.11. The first kappa shape index (κ1) is 19.6. The summed E-state index contributed by atoms with van der Waals surface area (Å²) in [6, 6.07) is 0. The summed E-state index contributed by atoms with van der Waals surface area (Å²) < 4.78 is 4.83. The van der Waals surface area contributed by atoms with E-state index in [0.29, 0.717) is 5.54 Å². The second-order valence-corrected chi connectivity index (χ2v) is 6.26. The summed E-state index contributed by atoms with van der Waals surface area (Å²) in [6.07, 6.45) is 3.68. The van der Waals surface area contributed by atoms with Crippen molar-refractivity contribution < 1.29 is 4.63 Å². The van der Waals surface area contributed by atoms with Gasteiger partial charge in [0.1, 0.15) is 11.4 Å². The number of aromatic nitrogens is 2. The smallest absolute Gasteiger partial charge is 0.122 e. The van der Waals surface area contributed by atoms with Crippen molar-refractivity contribution >= 4 is 24.8 Å². The molecule has 2 aliphatic rings. The standard InChI is InChI=1S/C14H25N5O.2ClH/c1-12-13(17-20-16-12)10-19-9-3-8-18(2)14(11-19)4-6-15-7-5-14;;/h15H,3-11H2,1-2H3;2*1H. The maximum absolute atomic E-state index is 4.83. The minimum absolute atomic E-state index is 0. The van der Waals surface area contributed by atoms with Gasteiger partial charge in [0.25, 0.3) is 0 Å². The van der Waals surface area contributed by atoms with Gasteiger partial charge in [0, 0.05) is 18.6 Å². The van der Waals surface area contributed by atoms with Crippen molar-refractivity contribution in [2.24, 2.45) is 0 Å². The van der Waals surface area contributed by atoms with Gasteiger partial charge < -0.3 is 5.32 Å². The molecule has 1 N–H and O–H groups in total. The predicted molar refractivity (Wildman–Crippen MR) is 90.9 cm³/mol. The molecule has 2 aliphatic heterocycles. The molecular formula is C14H27Cl2N5O. The lowest BCUT2D eigenvalue weighted by atomic mass is 9.86. The van der Waals surface area contributed by atoms with Gasteiger partial charge in [-0.1, -0.05) is 10.3 Å². The maximum Gasteiger partial charge on any atom is 0.122 e. The Kier molecular flexibility index (Phi) is 7.55. The third-order valence-electron chi connectivity index (χ3n) is 4.95. The fraction of sp³-hybridized carbons (Fsp3) is 0.857. The molecule has 0 aliphatic carbocycles. The first-order valence-corrected chi connectivity index (χ1v) is 7.62. The molecule has 0 radical (unpaired) electrons. The molecule has 0 aromatic carbocycles. The van der Waals surface area contributed by atoms with Gasteiger partial charge in [-0.25, -0.2) is 4.63 Å². The van der Waals surface area contributed by atoms with Crippen molar-refractivity contribution in [2.75, 3.05) is 39.8 Å². The van der Waals surface area contributed by atoms with Gasteiger partial charge >= 0.3 is 0 Å². The molecule has 8 heteroatoms. The van der Waals surface area contributed by atoms with E-state index in [9.17, 15) is 0 Å². The molecule has 0 saturated carbocycles. The molecule has 3 heterocycles. The summed E-state index contributed by atoms with van der Waals surface area (Å²) in [7, 11) is 2.29. The first-order chi connectivity index (χ1) is 9.70. The Morgan fingerprint density at radius 3 is 2.55 bits per heavy atom. The van der Waals surface area contributed by atoms with Crippen LogP contribution in [0.25, 0.3) is 0 Å². The van der Waals surface area contributed by atoms with E-state index in [0.717, 1.165) is 44.1 Å². The van der Waals surface area contributed by atoms with Crippen LogP contribution in [0.2, 0.25) is 0 Å². The van der Waals surface area contributed by atoms with E-state index < -0.39 is 0 Å². The fourth-order valence-corrected chi connectivity index (χ4v) is 3.56. The number of rotatable bonds is 2. The molecule has 1 aromatic rings. The molecule has 0 unspecified atom stereocenters. The number of nitrogens with zero attached hydrogens (tertiary/aromatic N) is 4. The van der Waals surface area contributed by atoms with Crippen LogP contribution in [-0.2, 0) is 6.54 Å². The van der Waals surface area contributed by atoms with Crippen LogP contribution in [0, 0.1) is 6.92 Å². The molecule has 22 heavy (non-hydrogen) atoms. The Labute approximate surface area is 144 Å². The largest absolute Gasteiger partial charge is 0.317 e. The lowest BCUT2D eigenvalue weighted by molar-refractivity contribution is 0.0631. The van der Waals surface area contributed by atoms with Crippen molar-refractivity contribution in [1.29, 1.82) is 0 Å². The van der Waals surface area contributed by atoms with Gasteiger partial charge in [-0.15, -0.1) is 24.8 Å². The molecule has 2 saturated heterocycles. The third-order valence-corrected chi connectivity index (χ3v) is 4.95. The SMILES string of the molecule is Cc1nonc1CN1CCCN(C)C2(CCNCC2)C1.Cl.Cl. The maximum atomic E-state index is 4.83. The molecule has 1 aromatic heterocycles. The van der Waals surface area contributed by atoms with Crippen LogP contribution in [0.1, 0.15) is 30.7 Å². The van der Waals surface area contributed by atoms with Crippen LogP contribution in [0.5, 0.6) is 0 Å². The van der Waals surface area contributed by atoms with E-state index >= 15 is 0 Å². The van der Waals surface area contributed by atoms with Gasteiger partial charge in [-0.05, 0) is 59.4 Å². The zero-order valence-corrected chi connectivity index (χ0v) is 15.0. The van der Waals surface area contributed by atoms with Crippen LogP contribution in [0.3, 0.4) is 0 Å². The van der Waals surface area contributed by atoms with E-state index in [4.69, 9.17) is 4.63 Å². The summed E-state index contributed by atoms with van der Waals surface area (Å²) in [6.45, 7) is 8.52. The van der Waals surface area contributed by atoms with Crippen LogP contribution in [0.4, 0.5) is 0 Å². The summed E-state index contributed by atoms with van der Waals surface area (Å²) in [5.41, 5.74) is 2.23. The molecule has 2 fully saturated rings. The van der Waals surface area contributed by atoms with Crippen LogP contribution < -0.4 is 5.32 Å². The zero-order valence-electron chi connectivity index (χ0n) is 13.4. The second kappa shape index (κ2) is 8.45. The number of nitrogens with one attached hydrogen (secondary N) is 1. The Hall–Kier alpha value is -0.400. The molecule has 3 rings (SSSR count). The Morgan fingerprint density at radius 1 is 1.18 bits per heavy atom. The van der Waals surface area contributed by atoms with E-state index in [-0.39, 0.29) is 24.8 Å². The van der Waals surface area contributed by atoms with E-state index in [1.165, 1.54) is 25.8 Å². The summed E-state index contributed by atoms with van der Waals surface area (Å²) in [5, 5.41) is 11.4. The minimum atomic E-state index is 0. The average Bonchev–Trinajstić information content (AvgIpc) is 2.78. The van der Waals surface area contributed by atoms with Gasteiger partial charge in [-0.2, -0.15) is 0 Å². The highest BCUT2D eigenvalue weighted by molar-refractivity contribution is 5.85. The monoisotopic (exact) mass is 351 g/mol. The van der Waals surface area contributed by atoms with E-state index in [1.54, 1.807) is 0 Å². The topological polar surface area (TPSA) is 57.4 Å².